The highest BCUT2D eigenvalue weighted by Gasteiger charge is 2.39. The van der Waals surface area contributed by atoms with Gasteiger partial charge in [-0.1, -0.05) is 69.0 Å². The second-order valence-corrected chi connectivity index (χ2v) is 9.44. The molecule has 0 aliphatic carbocycles. The average molecular weight is 587 g/mol. The number of aldehydes is 1. The van der Waals surface area contributed by atoms with Gasteiger partial charge in [0.15, 0.2) is 6.29 Å². The lowest BCUT2D eigenvalue weighted by Gasteiger charge is -2.21. The van der Waals surface area contributed by atoms with Crippen molar-refractivity contribution in [1.29, 1.82) is 0 Å². The van der Waals surface area contributed by atoms with Crippen molar-refractivity contribution < 1.29 is 18.0 Å². The fourth-order valence-corrected chi connectivity index (χ4v) is 4.33. The van der Waals surface area contributed by atoms with Gasteiger partial charge in [0.1, 0.15) is 0 Å². The summed E-state index contributed by atoms with van der Waals surface area (Å²) in [5.41, 5.74) is 0.783. The van der Waals surface area contributed by atoms with Crippen LogP contribution in [0.15, 0.2) is 40.9 Å². The number of rotatable bonds is 5. The van der Waals surface area contributed by atoms with Gasteiger partial charge in [0.05, 0.1) is 21.0 Å². The van der Waals surface area contributed by atoms with Crippen molar-refractivity contribution in [2.24, 2.45) is 0 Å². The maximum atomic E-state index is 13.4. The minimum atomic E-state index is -4.54. The monoisotopic (exact) mass is 584 g/mol. The number of nitrogens with one attached hydrogen (secondary N) is 2. The molecule has 0 saturated carbocycles. The Morgan fingerprint density at radius 1 is 1.12 bits per heavy atom. The largest absolute Gasteiger partial charge is 0.399 e. The lowest BCUT2D eigenvalue weighted by molar-refractivity contribution is -0.139. The van der Waals surface area contributed by atoms with Crippen LogP contribution in [-0.2, 0) is 0 Å². The topological polar surface area (TPSA) is 41.1 Å². The van der Waals surface area contributed by atoms with E-state index in [1.807, 2.05) is 7.05 Å². The molecule has 2 aromatic carbocycles. The molecule has 2 aromatic rings. The Labute approximate surface area is 214 Å². The molecule has 3 nitrogen and oxygen atoms in total. The van der Waals surface area contributed by atoms with Crippen molar-refractivity contribution in [3.8, 4) is 0 Å². The summed E-state index contributed by atoms with van der Waals surface area (Å²) < 4.78 is 40.8. The van der Waals surface area contributed by atoms with Gasteiger partial charge in [-0.3, -0.25) is 4.79 Å². The molecule has 0 spiro atoms. The fourth-order valence-electron chi connectivity index (χ4n) is 3.22. The SMILES string of the molecule is CNC1CCNCC1.O=Cc1ccc(/C=C/C(c2cc(Cl)c(Cl)c(Cl)c2)C(F)(F)F)cc1Br. The maximum absolute atomic E-state index is 13.4. The van der Waals surface area contributed by atoms with E-state index in [-0.39, 0.29) is 20.6 Å². The molecule has 1 fully saturated rings. The predicted octanol–water partition coefficient (Wildman–Crippen LogP) is 7.54. The zero-order chi connectivity index (χ0) is 24.6. The van der Waals surface area contributed by atoms with Gasteiger partial charge in [-0.2, -0.15) is 13.2 Å². The number of piperidine rings is 1. The van der Waals surface area contributed by atoms with Gasteiger partial charge in [0.2, 0.25) is 0 Å². The summed E-state index contributed by atoms with van der Waals surface area (Å²) in [7, 11) is 2.04. The van der Waals surface area contributed by atoms with Gasteiger partial charge in [-0.25, -0.2) is 0 Å². The van der Waals surface area contributed by atoms with Crippen molar-refractivity contribution in [2.45, 2.75) is 31.0 Å². The van der Waals surface area contributed by atoms with Crippen molar-refractivity contribution in [2.75, 3.05) is 20.1 Å². The summed E-state index contributed by atoms with van der Waals surface area (Å²) in [5.74, 6) is -1.91. The van der Waals surface area contributed by atoms with Crippen LogP contribution in [-0.4, -0.2) is 38.6 Å². The number of carbonyl (C=O) groups excluding carboxylic acids is 1. The Hall–Kier alpha value is -1.09. The van der Waals surface area contributed by atoms with Gasteiger partial charge in [0.25, 0.3) is 0 Å². The molecule has 1 heterocycles. The second-order valence-electron chi connectivity index (χ2n) is 7.39. The summed E-state index contributed by atoms with van der Waals surface area (Å²) in [5, 5.41) is 6.48. The first kappa shape index (κ1) is 28.1. The average Bonchev–Trinajstić information content (AvgIpc) is 2.77. The van der Waals surface area contributed by atoms with Crippen LogP contribution in [0, 0.1) is 0 Å². The van der Waals surface area contributed by atoms with Crippen molar-refractivity contribution >= 4 is 63.1 Å². The molecule has 1 saturated heterocycles. The van der Waals surface area contributed by atoms with Gasteiger partial charge >= 0.3 is 6.18 Å². The van der Waals surface area contributed by atoms with E-state index in [9.17, 15) is 18.0 Å². The van der Waals surface area contributed by atoms with Crippen molar-refractivity contribution in [3.05, 3.63) is 72.6 Å². The van der Waals surface area contributed by atoms with Crippen LogP contribution in [0.4, 0.5) is 13.2 Å². The molecule has 1 atom stereocenters. The molecule has 0 aromatic heterocycles. The number of benzene rings is 2. The van der Waals surface area contributed by atoms with E-state index in [1.165, 1.54) is 38.1 Å². The van der Waals surface area contributed by atoms with Gasteiger partial charge in [-0.15, -0.1) is 0 Å². The Bertz CT molecular complexity index is 957. The Morgan fingerprint density at radius 2 is 1.73 bits per heavy atom. The maximum Gasteiger partial charge on any atom is 0.399 e. The lowest BCUT2D eigenvalue weighted by atomic mass is 9.97. The van der Waals surface area contributed by atoms with Crippen LogP contribution in [0.2, 0.25) is 15.1 Å². The number of hydrogen-bond donors (Lipinski definition) is 2. The third-order valence-corrected chi connectivity index (χ3v) is 6.98. The molecule has 180 valence electrons. The fraction of sp³-hybridized carbons (Fsp3) is 0.348. The zero-order valence-corrected chi connectivity index (χ0v) is 21.5. The Morgan fingerprint density at radius 3 is 2.18 bits per heavy atom. The summed E-state index contributed by atoms with van der Waals surface area (Å²) in [6.07, 6.45) is 0.990. The highest BCUT2D eigenvalue weighted by atomic mass is 79.9. The summed E-state index contributed by atoms with van der Waals surface area (Å²) >= 11 is 20.7. The number of allylic oxidation sites excluding steroid dienone is 1. The van der Waals surface area contributed by atoms with E-state index in [0.717, 1.165) is 24.3 Å². The van der Waals surface area contributed by atoms with Gasteiger partial charge in [-0.05, 0) is 68.4 Å². The summed E-state index contributed by atoms with van der Waals surface area (Å²) in [6.45, 7) is 2.37. The molecule has 33 heavy (non-hydrogen) atoms. The van der Waals surface area contributed by atoms with Crippen LogP contribution in [0.25, 0.3) is 6.08 Å². The van der Waals surface area contributed by atoms with Crippen LogP contribution in [0.1, 0.15) is 40.2 Å². The van der Waals surface area contributed by atoms with Crippen LogP contribution < -0.4 is 10.6 Å². The Balaban J connectivity index is 0.000000405. The lowest BCUT2D eigenvalue weighted by Crippen LogP contribution is -2.37. The second kappa shape index (κ2) is 13.1. The standard InChI is InChI=1S/C17H9BrCl3F3O.C6H14N2/c18-13-5-9(1-3-10(13)8-25)2-4-12(17(22,23)24)11-6-14(19)16(21)15(20)7-11;1-7-6-2-4-8-5-3-6/h1-8,12H;6-8H,2-5H2,1H3/b4-2+;. The number of hydrogen-bond acceptors (Lipinski definition) is 3. The normalized spacial score (nSPS) is 15.8. The van der Waals surface area contributed by atoms with Crippen LogP contribution >= 0.6 is 50.7 Å². The van der Waals surface area contributed by atoms with E-state index in [2.05, 4.69) is 26.6 Å². The van der Waals surface area contributed by atoms with Crippen LogP contribution in [0.5, 0.6) is 0 Å². The summed E-state index contributed by atoms with van der Waals surface area (Å²) in [4.78, 5) is 10.8. The zero-order valence-electron chi connectivity index (χ0n) is 17.7. The molecule has 1 aliphatic rings. The quantitative estimate of drug-likeness (QED) is 0.281. The minimum absolute atomic E-state index is 0.00497. The van der Waals surface area contributed by atoms with E-state index in [4.69, 9.17) is 34.8 Å². The highest BCUT2D eigenvalue weighted by Crippen LogP contribution is 2.41. The smallest absolute Gasteiger partial charge is 0.317 e. The van der Waals surface area contributed by atoms with E-state index in [0.29, 0.717) is 21.9 Å². The molecule has 3 rings (SSSR count). The highest BCUT2D eigenvalue weighted by molar-refractivity contribution is 9.10. The summed E-state index contributed by atoms with van der Waals surface area (Å²) in [6, 6.07) is 7.66. The molecule has 0 radical (unpaired) electrons. The minimum Gasteiger partial charge on any atom is -0.317 e. The molecule has 2 N–H and O–H groups in total. The molecule has 0 bridgehead atoms. The third-order valence-electron chi connectivity index (χ3n) is 5.10. The predicted molar refractivity (Wildman–Crippen MR) is 134 cm³/mol. The van der Waals surface area contributed by atoms with Crippen LogP contribution in [0.3, 0.4) is 0 Å². The first-order valence-electron chi connectivity index (χ1n) is 10.1. The molecule has 0 amide bonds. The number of alkyl halides is 3. The number of carbonyl (C=O) groups is 1. The van der Waals surface area contributed by atoms with Gasteiger partial charge < -0.3 is 10.6 Å². The molecular weight excluding hydrogens is 564 g/mol. The van der Waals surface area contributed by atoms with E-state index >= 15 is 0 Å². The number of halogens is 7. The van der Waals surface area contributed by atoms with E-state index < -0.39 is 12.1 Å². The molecular formula is C23H23BrCl3F3N2O. The molecule has 10 heteroatoms. The van der Waals surface area contributed by atoms with Gasteiger partial charge in [0, 0.05) is 16.1 Å². The first-order chi connectivity index (χ1) is 15.6. The molecule has 1 aliphatic heterocycles. The Kier molecular flexibility index (Phi) is 11.2. The molecule has 1 unspecified atom stereocenters. The third kappa shape index (κ3) is 8.57. The van der Waals surface area contributed by atoms with Crippen molar-refractivity contribution in [1.82, 2.24) is 10.6 Å². The van der Waals surface area contributed by atoms with E-state index in [1.54, 1.807) is 12.1 Å². The van der Waals surface area contributed by atoms with Crippen molar-refractivity contribution in [3.63, 3.8) is 0 Å². The first-order valence-corrected chi connectivity index (χ1v) is 12.0.